The normalized spacial score (nSPS) is 13.4. The Labute approximate surface area is 65.8 Å². The van der Waals surface area contributed by atoms with Crippen LogP contribution in [0.2, 0.25) is 0 Å². The van der Waals surface area contributed by atoms with Crippen molar-refractivity contribution in [2.45, 2.75) is 12.8 Å². The van der Waals surface area contributed by atoms with Crippen molar-refractivity contribution in [3.63, 3.8) is 0 Å². The Bertz CT molecular complexity index is 216. The monoisotopic (exact) mass is 155 g/mol. The van der Waals surface area contributed by atoms with E-state index in [4.69, 9.17) is 15.3 Å². The maximum Gasteiger partial charge on any atom is 0.104 e. The zero-order valence-corrected chi connectivity index (χ0v) is 6.58. The van der Waals surface area contributed by atoms with E-state index in [2.05, 4.69) is 0 Å². The van der Waals surface area contributed by atoms with Gasteiger partial charge in [-0.3, -0.25) is 0 Å². The van der Waals surface area contributed by atoms with Crippen molar-refractivity contribution < 1.29 is 9.52 Å². The molecule has 1 heterocycles. The lowest BCUT2D eigenvalue weighted by Gasteiger charge is -2.08. The molecule has 0 saturated carbocycles. The van der Waals surface area contributed by atoms with Crippen LogP contribution in [0.4, 0.5) is 0 Å². The number of furan rings is 1. The number of aliphatic hydroxyl groups is 1. The van der Waals surface area contributed by atoms with Crippen LogP contribution in [-0.4, -0.2) is 18.3 Å². The first-order valence-corrected chi connectivity index (χ1v) is 3.64. The van der Waals surface area contributed by atoms with Gasteiger partial charge in [0.25, 0.3) is 0 Å². The van der Waals surface area contributed by atoms with Gasteiger partial charge in [0.15, 0.2) is 0 Å². The quantitative estimate of drug-likeness (QED) is 0.672. The van der Waals surface area contributed by atoms with Gasteiger partial charge in [0.05, 0.1) is 12.9 Å². The van der Waals surface area contributed by atoms with Gasteiger partial charge in [0, 0.05) is 12.5 Å². The summed E-state index contributed by atoms with van der Waals surface area (Å²) in [5.41, 5.74) is 6.45. The molecular weight excluding hydrogens is 142 g/mol. The topological polar surface area (TPSA) is 59.4 Å². The Morgan fingerprint density at radius 2 is 2.45 bits per heavy atom. The van der Waals surface area contributed by atoms with E-state index in [1.807, 2.05) is 13.0 Å². The zero-order valence-electron chi connectivity index (χ0n) is 6.58. The van der Waals surface area contributed by atoms with Crippen molar-refractivity contribution in [1.82, 2.24) is 0 Å². The Morgan fingerprint density at radius 3 is 2.82 bits per heavy atom. The van der Waals surface area contributed by atoms with E-state index in [-0.39, 0.29) is 12.5 Å². The second-order valence-electron chi connectivity index (χ2n) is 2.55. The van der Waals surface area contributed by atoms with E-state index in [0.717, 1.165) is 11.3 Å². The molecule has 1 atom stereocenters. The summed E-state index contributed by atoms with van der Waals surface area (Å²) < 4.78 is 5.08. The number of aryl methyl sites for hydroxylation is 1. The minimum absolute atomic E-state index is 0.0220. The molecular formula is C8H13NO2. The average molecular weight is 155 g/mol. The van der Waals surface area contributed by atoms with Crippen LogP contribution in [-0.2, 0) is 0 Å². The predicted octanol–water partition coefficient (Wildman–Crippen LogP) is 0.623. The van der Waals surface area contributed by atoms with Gasteiger partial charge >= 0.3 is 0 Å². The first-order valence-electron chi connectivity index (χ1n) is 3.64. The molecule has 1 rings (SSSR count). The molecule has 3 N–H and O–H groups in total. The standard InChI is InChI=1S/C8H13NO2/c1-6-8(2-3-11-6)7(4-9)5-10/h2-3,7,10H,4-5,9H2,1H3. The molecule has 3 heteroatoms. The van der Waals surface area contributed by atoms with E-state index < -0.39 is 0 Å². The second kappa shape index (κ2) is 3.55. The first-order chi connectivity index (χ1) is 5.29. The van der Waals surface area contributed by atoms with E-state index >= 15 is 0 Å². The lowest BCUT2D eigenvalue weighted by molar-refractivity contribution is 0.266. The van der Waals surface area contributed by atoms with Gasteiger partial charge in [-0.15, -0.1) is 0 Å². The Balaban J connectivity index is 2.81. The van der Waals surface area contributed by atoms with Crippen molar-refractivity contribution in [1.29, 1.82) is 0 Å². The number of hydrogen-bond donors (Lipinski definition) is 2. The highest BCUT2D eigenvalue weighted by atomic mass is 16.3. The molecule has 0 aliphatic carbocycles. The Morgan fingerprint density at radius 1 is 1.73 bits per heavy atom. The molecule has 0 radical (unpaired) electrons. The van der Waals surface area contributed by atoms with Crippen LogP contribution >= 0.6 is 0 Å². The van der Waals surface area contributed by atoms with Crippen LogP contribution in [0.15, 0.2) is 16.7 Å². The molecule has 0 aliphatic rings. The van der Waals surface area contributed by atoms with Crippen molar-refractivity contribution in [3.05, 3.63) is 23.7 Å². The van der Waals surface area contributed by atoms with Gasteiger partial charge in [-0.05, 0) is 18.6 Å². The summed E-state index contributed by atoms with van der Waals surface area (Å²) in [4.78, 5) is 0. The van der Waals surface area contributed by atoms with Crippen molar-refractivity contribution in [2.24, 2.45) is 5.73 Å². The Kier molecular flexibility index (Phi) is 2.68. The number of aliphatic hydroxyl groups excluding tert-OH is 1. The molecule has 0 saturated heterocycles. The highest BCUT2D eigenvalue weighted by molar-refractivity contribution is 5.21. The molecule has 0 aromatic carbocycles. The smallest absolute Gasteiger partial charge is 0.104 e. The predicted molar refractivity (Wildman–Crippen MR) is 42.3 cm³/mol. The summed E-state index contributed by atoms with van der Waals surface area (Å²) in [6, 6.07) is 1.85. The maximum absolute atomic E-state index is 8.90. The van der Waals surface area contributed by atoms with Gasteiger partial charge < -0.3 is 15.3 Å². The number of rotatable bonds is 3. The fourth-order valence-corrected chi connectivity index (χ4v) is 1.12. The van der Waals surface area contributed by atoms with Crippen molar-refractivity contribution >= 4 is 0 Å². The van der Waals surface area contributed by atoms with Crippen LogP contribution in [0.3, 0.4) is 0 Å². The SMILES string of the molecule is Cc1occc1C(CN)CO. The highest BCUT2D eigenvalue weighted by Crippen LogP contribution is 2.18. The molecule has 11 heavy (non-hydrogen) atoms. The number of hydrogen-bond acceptors (Lipinski definition) is 3. The first kappa shape index (κ1) is 8.30. The summed E-state index contributed by atoms with van der Waals surface area (Å²) in [5.74, 6) is 0.864. The van der Waals surface area contributed by atoms with Crippen molar-refractivity contribution in [2.75, 3.05) is 13.2 Å². The summed E-state index contributed by atoms with van der Waals surface area (Å²) in [6.07, 6.45) is 1.61. The molecule has 1 aromatic rings. The van der Waals surface area contributed by atoms with Crippen LogP contribution in [0, 0.1) is 6.92 Å². The summed E-state index contributed by atoms with van der Waals surface area (Å²) >= 11 is 0. The summed E-state index contributed by atoms with van der Waals surface area (Å²) in [7, 11) is 0. The Hall–Kier alpha value is -0.800. The fourth-order valence-electron chi connectivity index (χ4n) is 1.12. The van der Waals surface area contributed by atoms with Crippen LogP contribution in [0.1, 0.15) is 17.2 Å². The number of nitrogens with two attached hydrogens (primary N) is 1. The van der Waals surface area contributed by atoms with E-state index in [1.54, 1.807) is 6.26 Å². The molecule has 3 nitrogen and oxygen atoms in total. The molecule has 0 aliphatic heterocycles. The lowest BCUT2D eigenvalue weighted by Crippen LogP contribution is -2.16. The third-order valence-corrected chi connectivity index (χ3v) is 1.84. The minimum Gasteiger partial charge on any atom is -0.469 e. The minimum atomic E-state index is 0.0220. The summed E-state index contributed by atoms with van der Waals surface area (Å²) in [5, 5.41) is 8.90. The zero-order chi connectivity index (χ0) is 8.27. The van der Waals surface area contributed by atoms with Gasteiger partial charge in [-0.1, -0.05) is 0 Å². The molecule has 1 aromatic heterocycles. The maximum atomic E-state index is 8.90. The fraction of sp³-hybridized carbons (Fsp3) is 0.500. The van der Waals surface area contributed by atoms with Crippen LogP contribution < -0.4 is 5.73 Å². The van der Waals surface area contributed by atoms with Gasteiger partial charge in [0.1, 0.15) is 5.76 Å². The molecule has 1 unspecified atom stereocenters. The van der Waals surface area contributed by atoms with Gasteiger partial charge in [-0.25, -0.2) is 0 Å². The molecule has 62 valence electrons. The van der Waals surface area contributed by atoms with Gasteiger partial charge in [0.2, 0.25) is 0 Å². The average Bonchev–Trinajstić information content (AvgIpc) is 2.40. The molecule has 0 fully saturated rings. The molecule has 0 spiro atoms. The lowest BCUT2D eigenvalue weighted by atomic mass is 10.0. The van der Waals surface area contributed by atoms with E-state index in [1.165, 1.54) is 0 Å². The molecule has 0 amide bonds. The summed E-state index contributed by atoms with van der Waals surface area (Å²) in [6.45, 7) is 2.40. The van der Waals surface area contributed by atoms with Crippen LogP contribution in [0.25, 0.3) is 0 Å². The molecule has 0 bridgehead atoms. The van der Waals surface area contributed by atoms with E-state index in [0.29, 0.717) is 6.54 Å². The largest absolute Gasteiger partial charge is 0.469 e. The van der Waals surface area contributed by atoms with Gasteiger partial charge in [-0.2, -0.15) is 0 Å². The third kappa shape index (κ3) is 1.61. The third-order valence-electron chi connectivity index (χ3n) is 1.84. The van der Waals surface area contributed by atoms with E-state index in [9.17, 15) is 0 Å². The second-order valence-corrected chi connectivity index (χ2v) is 2.55. The van der Waals surface area contributed by atoms with Crippen molar-refractivity contribution in [3.8, 4) is 0 Å². The van der Waals surface area contributed by atoms with Crippen LogP contribution in [0.5, 0.6) is 0 Å². The highest BCUT2D eigenvalue weighted by Gasteiger charge is 2.12.